The molecule has 0 aliphatic rings. The quantitative estimate of drug-likeness (QED) is 0.736. The molecule has 0 radical (unpaired) electrons. The Morgan fingerprint density at radius 3 is 2.67 bits per heavy atom. The number of nitrogens with one attached hydrogen (secondary N) is 1. The van der Waals surface area contributed by atoms with Gasteiger partial charge in [-0.05, 0) is 44.7 Å². The summed E-state index contributed by atoms with van der Waals surface area (Å²) >= 11 is 6.34. The topological polar surface area (TPSA) is 29.9 Å². The zero-order chi connectivity index (χ0) is 13.5. The van der Waals surface area contributed by atoms with Crippen molar-refractivity contribution in [3.05, 3.63) is 16.4 Å². The van der Waals surface area contributed by atoms with E-state index in [1.807, 2.05) is 11.7 Å². The van der Waals surface area contributed by atoms with Gasteiger partial charge in [-0.25, -0.2) is 0 Å². The van der Waals surface area contributed by atoms with Gasteiger partial charge in [-0.2, -0.15) is 5.10 Å². The monoisotopic (exact) mass is 271 g/mol. The van der Waals surface area contributed by atoms with Gasteiger partial charge in [0.15, 0.2) is 0 Å². The predicted octanol–water partition coefficient (Wildman–Crippen LogP) is 3.20. The van der Waals surface area contributed by atoms with E-state index in [0.717, 1.165) is 43.1 Å². The van der Waals surface area contributed by atoms with Crippen LogP contribution in [0.2, 0.25) is 5.02 Å². The van der Waals surface area contributed by atoms with Crippen LogP contribution >= 0.6 is 11.6 Å². The lowest BCUT2D eigenvalue weighted by Gasteiger charge is -2.12. The van der Waals surface area contributed by atoms with Gasteiger partial charge < -0.3 is 5.32 Å². The molecular weight excluding hydrogens is 246 g/mol. The lowest BCUT2D eigenvalue weighted by atomic mass is 10.0. The van der Waals surface area contributed by atoms with Gasteiger partial charge >= 0.3 is 0 Å². The summed E-state index contributed by atoms with van der Waals surface area (Å²) in [5.41, 5.74) is 2.20. The van der Waals surface area contributed by atoms with Crippen LogP contribution in [0.25, 0.3) is 0 Å². The summed E-state index contributed by atoms with van der Waals surface area (Å²) in [6.07, 6.45) is 4.26. The highest BCUT2D eigenvalue weighted by Crippen LogP contribution is 2.23. The summed E-state index contributed by atoms with van der Waals surface area (Å²) in [7, 11) is 1.99. The summed E-state index contributed by atoms with van der Waals surface area (Å²) in [5, 5.41) is 8.78. The van der Waals surface area contributed by atoms with E-state index in [0.29, 0.717) is 5.92 Å². The Hall–Kier alpha value is -0.540. The Morgan fingerprint density at radius 1 is 1.39 bits per heavy atom. The second-order valence-corrected chi connectivity index (χ2v) is 5.41. The van der Waals surface area contributed by atoms with E-state index in [1.165, 1.54) is 12.1 Å². The van der Waals surface area contributed by atoms with E-state index in [4.69, 9.17) is 11.6 Å². The third-order valence-electron chi connectivity index (χ3n) is 3.30. The number of nitrogens with zero attached hydrogens (tertiary/aromatic N) is 2. The van der Waals surface area contributed by atoms with Crippen LogP contribution in [0.15, 0.2) is 0 Å². The predicted molar refractivity (Wildman–Crippen MR) is 78.2 cm³/mol. The maximum absolute atomic E-state index is 6.34. The molecule has 1 aromatic rings. The molecule has 1 unspecified atom stereocenters. The fourth-order valence-electron chi connectivity index (χ4n) is 2.10. The standard InChI is InChI=1S/C14H26ClN3/c1-5-9-16-10-11(3)7-8-13-14(15)12(6-2)17-18(13)4/h11,16H,5-10H2,1-4H3. The van der Waals surface area contributed by atoms with Gasteiger partial charge in [0.05, 0.1) is 16.4 Å². The van der Waals surface area contributed by atoms with Crippen LogP contribution in [0, 0.1) is 5.92 Å². The Kier molecular flexibility index (Phi) is 6.72. The summed E-state index contributed by atoms with van der Waals surface area (Å²) in [4.78, 5) is 0. The van der Waals surface area contributed by atoms with Crippen molar-refractivity contribution in [2.75, 3.05) is 13.1 Å². The molecule has 0 spiro atoms. The molecule has 18 heavy (non-hydrogen) atoms. The van der Waals surface area contributed by atoms with E-state index in [9.17, 15) is 0 Å². The van der Waals surface area contributed by atoms with Gasteiger partial charge in [0, 0.05) is 7.05 Å². The second kappa shape index (κ2) is 7.80. The highest BCUT2D eigenvalue weighted by Gasteiger charge is 2.13. The van der Waals surface area contributed by atoms with Crippen LogP contribution in [0.1, 0.15) is 45.0 Å². The van der Waals surface area contributed by atoms with E-state index in [-0.39, 0.29) is 0 Å². The minimum absolute atomic E-state index is 0.674. The van der Waals surface area contributed by atoms with Crippen molar-refractivity contribution in [1.82, 2.24) is 15.1 Å². The van der Waals surface area contributed by atoms with Crippen LogP contribution in [0.5, 0.6) is 0 Å². The molecule has 1 aromatic heterocycles. The van der Waals surface area contributed by atoms with Crippen LogP contribution in [-0.2, 0) is 19.9 Å². The van der Waals surface area contributed by atoms with E-state index in [2.05, 4.69) is 31.2 Å². The molecule has 104 valence electrons. The van der Waals surface area contributed by atoms with Gasteiger partial charge in [-0.3, -0.25) is 4.68 Å². The summed E-state index contributed by atoms with van der Waals surface area (Å²) in [6.45, 7) is 8.77. The number of aromatic nitrogens is 2. The van der Waals surface area contributed by atoms with Gasteiger partial charge in [0.25, 0.3) is 0 Å². The molecule has 4 heteroatoms. The highest BCUT2D eigenvalue weighted by molar-refractivity contribution is 6.31. The van der Waals surface area contributed by atoms with Crippen molar-refractivity contribution >= 4 is 11.6 Å². The van der Waals surface area contributed by atoms with Crippen LogP contribution in [-0.4, -0.2) is 22.9 Å². The Labute approximate surface area is 116 Å². The third kappa shape index (κ3) is 4.29. The zero-order valence-corrected chi connectivity index (χ0v) is 12.8. The number of hydrogen-bond donors (Lipinski definition) is 1. The zero-order valence-electron chi connectivity index (χ0n) is 12.1. The van der Waals surface area contributed by atoms with Crippen LogP contribution in [0.4, 0.5) is 0 Å². The van der Waals surface area contributed by atoms with Gasteiger partial charge in [0.1, 0.15) is 0 Å². The van der Waals surface area contributed by atoms with Gasteiger partial charge in [-0.1, -0.05) is 32.4 Å². The minimum atomic E-state index is 0.674. The molecule has 1 N–H and O–H groups in total. The molecule has 1 rings (SSSR count). The lowest BCUT2D eigenvalue weighted by molar-refractivity contribution is 0.474. The van der Waals surface area contributed by atoms with Crippen molar-refractivity contribution in [2.24, 2.45) is 13.0 Å². The second-order valence-electron chi connectivity index (χ2n) is 5.03. The van der Waals surface area contributed by atoms with Gasteiger partial charge in [-0.15, -0.1) is 0 Å². The average molecular weight is 272 g/mol. The summed E-state index contributed by atoms with van der Waals surface area (Å²) in [6, 6.07) is 0. The first-order chi connectivity index (χ1) is 8.60. The van der Waals surface area contributed by atoms with Crippen molar-refractivity contribution in [3.63, 3.8) is 0 Å². The summed E-state index contributed by atoms with van der Waals surface area (Å²) < 4.78 is 1.94. The molecule has 0 bridgehead atoms. The van der Waals surface area contributed by atoms with E-state index < -0.39 is 0 Å². The number of aryl methyl sites for hydroxylation is 2. The SMILES string of the molecule is CCCNCC(C)CCc1c(Cl)c(CC)nn1C. The maximum atomic E-state index is 6.34. The molecule has 0 amide bonds. The molecule has 0 aromatic carbocycles. The lowest BCUT2D eigenvalue weighted by Crippen LogP contribution is -2.22. The van der Waals surface area contributed by atoms with Crippen molar-refractivity contribution < 1.29 is 0 Å². The summed E-state index contributed by atoms with van der Waals surface area (Å²) in [5.74, 6) is 0.674. The largest absolute Gasteiger partial charge is 0.316 e. The molecule has 0 saturated heterocycles. The molecule has 0 aliphatic heterocycles. The molecule has 3 nitrogen and oxygen atoms in total. The Morgan fingerprint density at radius 2 is 2.11 bits per heavy atom. The highest BCUT2D eigenvalue weighted by atomic mass is 35.5. The molecule has 0 saturated carbocycles. The minimum Gasteiger partial charge on any atom is -0.316 e. The molecule has 0 fully saturated rings. The maximum Gasteiger partial charge on any atom is 0.0849 e. The number of rotatable bonds is 8. The normalized spacial score (nSPS) is 12.9. The molecule has 0 aliphatic carbocycles. The third-order valence-corrected chi connectivity index (χ3v) is 3.73. The number of hydrogen-bond acceptors (Lipinski definition) is 2. The smallest absolute Gasteiger partial charge is 0.0849 e. The molecular formula is C14H26ClN3. The van der Waals surface area contributed by atoms with Crippen molar-refractivity contribution in [3.8, 4) is 0 Å². The van der Waals surface area contributed by atoms with Crippen LogP contribution in [0.3, 0.4) is 0 Å². The first kappa shape index (κ1) is 15.5. The Balaban J connectivity index is 2.45. The van der Waals surface area contributed by atoms with Crippen molar-refractivity contribution in [1.29, 1.82) is 0 Å². The average Bonchev–Trinajstić information content (AvgIpc) is 2.62. The van der Waals surface area contributed by atoms with E-state index in [1.54, 1.807) is 0 Å². The van der Waals surface area contributed by atoms with E-state index >= 15 is 0 Å². The fraction of sp³-hybridized carbons (Fsp3) is 0.786. The Bertz CT molecular complexity index is 360. The van der Waals surface area contributed by atoms with Crippen LogP contribution < -0.4 is 5.32 Å². The van der Waals surface area contributed by atoms with Gasteiger partial charge in [0.2, 0.25) is 0 Å². The molecule has 1 atom stereocenters. The number of halogens is 1. The van der Waals surface area contributed by atoms with Crippen molar-refractivity contribution in [2.45, 2.75) is 46.5 Å². The first-order valence-corrected chi connectivity index (χ1v) is 7.38. The fourth-order valence-corrected chi connectivity index (χ4v) is 2.49. The first-order valence-electron chi connectivity index (χ1n) is 7.01. The molecule has 1 heterocycles.